The van der Waals surface area contributed by atoms with Gasteiger partial charge in [-0.25, -0.2) is 0 Å². The van der Waals surface area contributed by atoms with Crippen LogP contribution >= 0.6 is 0 Å². The SMILES string of the molecule is CCNCCN(CC)c1cncc(OCC)n1. The topological polar surface area (TPSA) is 50.3 Å². The van der Waals surface area contributed by atoms with Crippen LogP contribution in [0.3, 0.4) is 0 Å². The zero-order chi connectivity index (χ0) is 12.5. The number of aromatic nitrogens is 2. The molecule has 0 spiro atoms. The molecule has 0 saturated carbocycles. The monoisotopic (exact) mass is 238 g/mol. The van der Waals surface area contributed by atoms with Gasteiger partial charge in [0.2, 0.25) is 5.88 Å². The Balaban J connectivity index is 2.63. The summed E-state index contributed by atoms with van der Waals surface area (Å²) in [6, 6.07) is 0. The van der Waals surface area contributed by atoms with E-state index in [2.05, 4.69) is 34.0 Å². The number of nitrogens with one attached hydrogen (secondary N) is 1. The molecule has 5 heteroatoms. The summed E-state index contributed by atoms with van der Waals surface area (Å²) in [5, 5.41) is 3.30. The standard InChI is InChI=1S/C12H22N4O/c1-4-13-7-8-16(5-2)11-9-14-10-12(15-11)17-6-3/h9-10,13H,4-8H2,1-3H3. The second-order valence-corrected chi connectivity index (χ2v) is 3.58. The molecule has 0 aliphatic heterocycles. The number of nitrogens with zero attached hydrogens (tertiary/aromatic N) is 3. The molecular formula is C12H22N4O. The average Bonchev–Trinajstić information content (AvgIpc) is 2.35. The maximum absolute atomic E-state index is 5.35. The minimum atomic E-state index is 0.590. The molecule has 0 bridgehead atoms. The molecule has 0 unspecified atom stereocenters. The number of ether oxygens (including phenoxy) is 1. The minimum absolute atomic E-state index is 0.590. The van der Waals surface area contributed by atoms with Gasteiger partial charge in [0.05, 0.1) is 19.0 Å². The number of hydrogen-bond donors (Lipinski definition) is 1. The molecule has 96 valence electrons. The fourth-order valence-corrected chi connectivity index (χ4v) is 1.53. The van der Waals surface area contributed by atoms with Gasteiger partial charge in [-0.05, 0) is 20.4 Å². The van der Waals surface area contributed by atoms with E-state index in [4.69, 9.17) is 4.74 Å². The Hall–Kier alpha value is -1.36. The first-order valence-electron chi connectivity index (χ1n) is 6.22. The highest BCUT2D eigenvalue weighted by atomic mass is 16.5. The minimum Gasteiger partial charge on any atom is -0.477 e. The predicted molar refractivity (Wildman–Crippen MR) is 69.6 cm³/mol. The van der Waals surface area contributed by atoms with Gasteiger partial charge < -0.3 is 15.0 Å². The van der Waals surface area contributed by atoms with Crippen molar-refractivity contribution in [2.24, 2.45) is 0 Å². The highest BCUT2D eigenvalue weighted by molar-refractivity contribution is 5.37. The van der Waals surface area contributed by atoms with E-state index in [0.717, 1.165) is 32.0 Å². The molecule has 0 saturated heterocycles. The van der Waals surface area contributed by atoms with E-state index < -0.39 is 0 Å². The third-order valence-electron chi connectivity index (χ3n) is 2.41. The fraction of sp³-hybridized carbons (Fsp3) is 0.667. The van der Waals surface area contributed by atoms with Crippen LogP contribution in [0, 0.1) is 0 Å². The van der Waals surface area contributed by atoms with Crippen LogP contribution in [0.5, 0.6) is 5.88 Å². The van der Waals surface area contributed by atoms with Crippen LogP contribution in [0.1, 0.15) is 20.8 Å². The first-order chi connectivity index (χ1) is 8.31. The van der Waals surface area contributed by atoms with Gasteiger partial charge in [0.15, 0.2) is 5.82 Å². The highest BCUT2D eigenvalue weighted by Gasteiger charge is 2.07. The Labute approximate surface area is 103 Å². The van der Waals surface area contributed by atoms with Crippen molar-refractivity contribution in [1.29, 1.82) is 0 Å². The van der Waals surface area contributed by atoms with Crippen LogP contribution in [0.4, 0.5) is 5.82 Å². The van der Waals surface area contributed by atoms with Gasteiger partial charge in [0.1, 0.15) is 0 Å². The molecule has 1 aromatic heterocycles. The lowest BCUT2D eigenvalue weighted by Gasteiger charge is -2.21. The molecule has 0 fully saturated rings. The van der Waals surface area contributed by atoms with E-state index >= 15 is 0 Å². The third kappa shape index (κ3) is 4.56. The van der Waals surface area contributed by atoms with E-state index in [1.54, 1.807) is 12.4 Å². The molecule has 5 nitrogen and oxygen atoms in total. The Morgan fingerprint density at radius 1 is 1.29 bits per heavy atom. The Bertz CT molecular complexity index is 319. The summed E-state index contributed by atoms with van der Waals surface area (Å²) in [5.74, 6) is 1.46. The summed E-state index contributed by atoms with van der Waals surface area (Å²) >= 11 is 0. The zero-order valence-electron chi connectivity index (χ0n) is 10.9. The summed E-state index contributed by atoms with van der Waals surface area (Å²) in [7, 11) is 0. The van der Waals surface area contributed by atoms with Crippen molar-refractivity contribution in [2.45, 2.75) is 20.8 Å². The maximum Gasteiger partial charge on any atom is 0.234 e. The summed E-state index contributed by atoms with van der Waals surface area (Å²) in [6.07, 6.45) is 3.42. The van der Waals surface area contributed by atoms with Crippen molar-refractivity contribution in [3.63, 3.8) is 0 Å². The molecule has 0 amide bonds. The fourth-order valence-electron chi connectivity index (χ4n) is 1.53. The molecule has 1 rings (SSSR count). The second kappa shape index (κ2) is 7.84. The van der Waals surface area contributed by atoms with Crippen molar-refractivity contribution < 1.29 is 4.74 Å². The van der Waals surface area contributed by atoms with E-state index in [0.29, 0.717) is 12.5 Å². The molecule has 1 N–H and O–H groups in total. The summed E-state index contributed by atoms with van der Waals surface area (Å²) in [4.78, 5) is 10.8. The first kappa shape index (κ1) is 13.7. The highest BCUT2D eigenvalue weighted by Crippen LogP contribution is 2.13. The molecule has 0 atom stereocenters. The van der Waals surface area contributed by atoms with E-state index in [9.17, 15) is 0 Å². The van der Waals surface area contributed by atoms with Crippen molar-refractivity contribution in [2.75, 3.05) is 37.7 Å². The molecule has 0 aliphatic rings. The maximum atomic E-state index is 5.35. The van der Waals surface area contributed by atoms with Crippen LogP contribution in [-0.2, 0) is 0 Å². The number of anilines is 1. The molecular weight excluding hydrogens is 216 g/mol. The normalized spacial score (nSPS) is 10.3. The van der Waals surface area contributed by atoms with Gasteiger partial charge in [-0.15, -0.1) is 0 Å². The molecule has 0 radical (unpaired) electrons. The van der Waals surface area contributed by atoms with Crippen LogP contribution < -0.4 is 15.0 Å². The number of hydrogen-bond acceptors (Lipinski definition) is 5. The summed E-state index contributed by atoms with van der Waals surface area (Å²) < 4.78 is 5.35. The van der Waals surface area contributed by atoms with E-state index in [-0.39, 0.29) is 0 Å². The number of likely N-dealkylation sites (N-methyl/N-ethyl adjacent to an activating group) is 2. The second-order valence-electron chi connectivity index (χ2n) is 3.58. The molecule has 0 aromatic carbocycles. The Kier molecular flexibility index (Phi) is 6.32. The number of rotatable bonds is 8. The molecule has 1 heterocycles. The third-order valence-corrected chi connectivity index (χ3v) is 2.41. The lowest BCUT2D eigenvalue weighted by Crippen LogP contribution is -2.32. The van der Waals surface area contributed by atoms with Gasteiger partial charge in [0, 0.05) is 19.6 Å². The Morgan fingerprint density at radius 2 is 2.12 bits per heavy atom. The van der Waals surface area contributed by atoms with Gasteiger partial charge >= 0.3 is 0 Å². The van der Waals surface area contributed by atoms with Crippen LogP contribution in [-0.4, -0.2) is 42.8 Å². The largest absolute Gasteiger partial charge is 0.477 e. The predicted octanol–water partition coefficient (Wildman–Crippen LogP) is 1.31. The quantitative estimate of drug-likeness (QED) is 0.692. The van der Waals surface area contributed by atoms with E-state index in [1.165, 1.54) is 0 Å². The van der Waals surface area contributed by atoms with E-state index in [1.807, 2.05) is 6.92 Å². The van der Waals surface area contributed by atoms with Crippen LogP contribution in [0.25, 0.3) is 0 Å². The summed E-state index contributed by atoms with van der Waals surface area (Å²) in [6.45, 7) is 10.5. The van der Waals surface area contributed by atoms with Crippen LogP contribution in [0.2, 0.25) is 0 Å². The molecule has 0 aliphatic carbocycles. The van der Waals surface area contributed by atoms with Gasteiger partial charge in [-0.3, -0.25) is 4.98 Å². The first-order valence-corrected chi connectivity index (χ1v) is 6.22. The van der Waals surface area contributed by atoms with Crippen molar-refractivity contribution in [3.05, 3.63) is 12.4 Å². The van der Waals surface area contributed by atoms with Crippen molar-refractivity contribution in [3.8, 4) is 5.88 Å². The van der Waals surface area contributed by atoms with Crippen molar-refractivity contribution >= 4 is 5.82 Å². The van der Waals surface area contributed by atoms with Gasteiger partial charge in [-0.2, -0.15) is 4.98 Å². The lowest BCUT2D eigenvalue weighted by molar-refractivity contribution is 0.325. The van der Waals surface area contributed by atoms with Crippen molar-refractivity contribution in [1.82, 2.24) is 15.3 Å². The lowest BCUT2D eigenvalue weighted by atomic mass is 10.4. The summed E-state index contributed by atoms with van der Waals surface area (Å²) in [5.41, 5.74) is 0. The zero-order valence-corrected chi connectivity index (χ0v) is 10.9. The molecule has 1 aromatic rings. The molecule has 17 heavy (non-hydrogen) atoms. The van der Waals surface area contributed by atoms with Crippen LogP contribution in [0.15, 0.2) is 12.4 Å². The van der Waals surface area contributed by atoms with Gasteiger partial charge in [0.25, 0.3) is 0 Å². The smallest absolute Gasteiger partial charge is 0.234 e. The average molecular weight is 238 g/mol. The van der Waals surface area contributed by atoms with Gasteiger partial charge in [-0.1, -0.05) is 6.92 Å². The Morgan fingerprint density at radius 3 is 2.76 bits per heavy atom.